The molecule has 0 unspecified atom stereocenters. The van der Waals surface area contributed by atoms with Crippen LogP contribution in [-0.2, 0) is 0 Å². The van der Waals surface area contributed by atoms with E-state index >= 15 is 0 Å². The van der Waals surface area contributed by atoms with Crippen molar-refractivity contribution in [2.24, 2.45) is 0 Å². The average molecular weight is 290 g/mol. The van der Waals surface area contributed by atoms with Gasteiger partial charge in [0.1, 0.15) is 15.6 Å². The van der Waals surface area contributed by atoms with Crippen molar-refractivity contribution < 1.29 is 0 Å². The van der Waals surface area contributed by atoms with Gasteiger partial charge in [0, 0.05) is 5.56 Å². The maximum atomic E-state index is 8.72. The number of rotatable bonds is 1. The molecule has 0 amide bonds. The molecule has 2 heterocycles. The normalized spacial score (nSPS) is 10.1. The van der Waals surface area contributed by atoms with Crippen LogP contribution in [0.15, 0.2) is 18.2 Å². The zero-order valence-electron chi connectivity index (χ0n) is 7.67. The zero-order chi connectivity index (χ0) is 11.7. The topological polar surface area (TPSA) is 36.7 Å². The number of pyridine rings is 1. The van der Waals surface area contributed by atoms with Crippen LogP contribution in [0.4, 0.5) is 0 Å². The minimum atomic E-state index is 0.165. The first-order valence-corrected chi connectivity index (χ1v) is 6.08. The highest BCUT2D eigenvalue weighted by molar-refractivity contribution is 7.20. The molecule has 0 fully saturated rings. The summed E-state index contributed by atoms with van der Waals surface area (Å²) in [5.74, 6) is 0. The Labute approximate surface area is 111 Å². The van der Waals surface area contributed by atoms with E-state index in [0.717, 1.165) is 5.56 Å². The quantitative estimate of drug-likeness (QED) is 0.717. The fourth-order valence-electron chi connectivity index (χ4n) is 1.18. The van der Waals surface area contributed by atoms with Crippen molar-refractivity contribution in [3.63, 3.8) is 0 Å². The standard InChI is InChI=1S/C10H3Cl3N2S/c11-8-3-6(10(13)16-8)7-2-1-5(4-14)9(12)15-7/h1-3H. The van der Waals surface area contributed by atoms with E-state index in [0.29, 0.717) is 19.9 Å². The minimum absolute atomic E-state index is 0.165. The molecule has 0 aromatic carbocycles. The second kappa shape index (κ2) is 4.60. The van der Waals surface area contributed by atoms with Crippen molar-refractivity contribution in [1.29, 1.82) is 5.26 Å². The molecule has 2 aromatic rings. The summed E-state index contributed by atoms with van der Waals surface area (Å²) < 4.78 is 1.14. The van der Waals surface area contributed by atoms with Crippen LogP contribution in [0, 0.1) is 11.3 Å². The van der Waals surface area contributed by atoms with Gasteiger partial charge in [-0.1, -0.05) is 34.8 Å². The first-order chi connectivity index (χ1) is 7.61. The average Bonchev–Trinajstić information content (AvgIpc) is 2.58. The monoisotopic (exact) mass is 288 g/mol. The SMILES string of the molecule is N#Cc1ccc(-c2cc(Cl)sc2Cl)nc1Cl. The first kappa shape index (κ1) is 11.7. The number of nitrogens with zero attached hydrogens (tertiary/aromatic N) is 2. The van der Waals surface area contributed by atoms with E-state index in [1.54, 1.807) is 18.2 Å². The van der Waals surface area contributed by atoms with E-state index in [1.165, 1.54) is 11.3 Å². The van der Waals surface area contributed by atoms with Crippen LogP contribution in [-0.4, -0.2) is 4.98 Å². The molecule has 0 saturated heterocycles. The fourth-order valence-corrected chi connectivity index (χ4v) is 2.86. The molecule has 0 atom stereocenters. The lowest BCUT2D eigenvalue weighted by atomic mass is 10.2. The van der Waals surface area contributed by atoms with E-state index in [2.05, 4.69) is 4.98 Å². The van der Waals surface area contributed by atoms with Gasteiger partial charge in [-0.05, 0) is 18.2 Å². The van der Waals surface area contributed by atoms with Crippen molar-refractivity contribution in [3.8, 4) is 17.3 Å². The lowest BCUT2D eigenvalue weighted by molar-refractivity contribution is 1.30. The molecule has 0 aliphatic rings. The lowest BCUT2D eigenvalue weighted by Gasteiger charge is -2.00. The molecule has 2 aromatic heterocycles. The van der Waals surface area contributed by atoms with Gasteiger partial charge in [-0.3, -0.25) is 0 Å². The van der Waals surface area contributed by atoms with Crippen LogP contribution in [0.3, 0.4) is 0 Å². The summed E-state index contributed by atoms with van der Waals surface area (Å²) in [6.45, 7) is 0. The second-order valence-electron chi connectivity index (χ2n) is 2.88. The lowest BCUT2D eigenvalue weighted by Crippen LogP contribution is -1.86. The predicted octanol–water partition coefficient (Wildman–Crippen LogP) is 4.64. The van der Waals surface area contributed by atoms with Crippen LogP contribution in [0.1, 0.15) is 5.56 Å². The Hall–Kier alpha value is -0.790. The van der Waals surface area contributed by atoms with Gasteiger partial charge < -0.3 is 0 Å². The molecule has 16 heavy (non-hydrogen) atoms. The summed E-state index contributed by atoms with van der Waals surface area (Å²) in [4.78, 5) is 4.09. The molecule has 0 radical (unpaired) electrons. The van der Waals surface area contributed by atoms with Crippen LogP contribution in [0.25, 0.3) is 11.3 Å². The molecular formula is C10H3Cl3N2S. The molecule has 2 nitrogen and oxygen atoms in total. The first-order valence-electron chi connectivity index (χ1n) is 4.13. The summed E-state index contributed by atoms with van der Waals surface area (Å²) in [5, 5.41) is 8.88. The van der Waals surface area contributed by atoms with Crippen molar-refractivity contribution in [3.05, 3.63) is 37.6 Å². The van der Waals surface area contributed by atoms with Gasteiger partial charge in [-0.15, -0.1) is 11.3 Å². The zero-order valence-corrected chi connectivity index (χ0v) is 10.8. The Balaban J connectivity index is 2.54. The Morgan fingerprint density at radius 1 is 1.25 bits per heavy atom. The Kier molecular flexibility index (Phi) is 3.36. The van der Waals surface area contributed by atoms with Crippen molar-refractivity contribution >= 4 is 46.1 Å². The summed E-state index contributed by atoms with van der Waals surface area (Å²) in [6, 6.07) is 6.96. The highest BCUT2D eigenvalue weighted by Crippen LogP contribution is 2.37. The smallest absolute Gasteiger partial charge is 0.147 e. The number of hydrogen-bond acceptors (Lipinski definition) is 3. The molecule has 0 spiro atoms. The number of hydrogen-bond donors (Lipinski definition) is 0. The maximum Gasteiger partial charge on any atom is 0.147 e. The summed E-state index contributed by atoms with van der Waals surface area (Å²) in [5.41, 5.74) is 1.67. The van der Waals surface area contributed by atoms with Crippen LogP contribution >= 0.6 is 46.1 Å². The van der Waals surface area contributed by atoms with Crippen molar-refractivity contribution in [1.82, 2.24) is 4.98 Å². The molecule has 80 valence electrons. The van der Waals surface area contributed by atoms with E-state index in [1.807, 2.05) is 6.07 Å². The third kappa shape index (κ3) is 2.16. The van der Waals surface area contributed by atoms with Crippen LogP contribution in [0.5, 0.6) is 0 Å². The van der Waals surface area contributed by atoms with Crippen LogP contribution < -0.4 is 0 Å². The summed E-state index contributed by atoms with van der Waals surface area (Å²) in [7, 11) is 0. The summed E-state index contributed by atoms with van der Waals surface area (Å²) in [6.07, 6.45) is 0. The Morgan fingerprint density at radius 3 is 2.50 bits per heavy atom. The van der Waals surface area contributed by atoms with E-state index in [4.69, 9.17) is 40.1 Å². The summed E-state index contributed by atoms with van der Waals surface area (Å²) >= 11 is 18.9. The molecule has 6 heteroatoms. The molecule has 0 aliphatic heterocycles. The number of nitriles is 1. The molecule has 0 saturated carbocycles. The van der Waals surface area contributed by atoms with Crippen molar-refractivity contribution in [2.45, 2.75) is 0 Å². The Morgan fingerprint density at radius 2 is 2.00 bits per heavy atom. The number of halogens is 3. The van der Waals surface area contributed by atoms with Gasteiger partial charge in [0.15, 0.2) is 0 Å². The molecule has 0 bridgehead atoms. The van der Waals surface area contributed by atoms with Gasteiger partial charge in [0.05, 0.1) is 15.6 Å². The van der Waals surface area contributed by atoms with Crippen molar-refractivity contribution in [2.75, 3.05) is 0 Å². The van der Waals surface area contributed by atoms with Gasteiger partial charge in [-0.25, -0.2) is 4.98 Å². The predicted molar refractivity (Wildman–Crippen MR) is 67.3 cm³/mol. The number of thiophene rings is 1. The van der Waals surface area contributed by atoms with Crippen LogP contribution in [0.2, 0.25) is 13.8 Å². The third-order valence-electron chi connectivity index (χ3n) is 1.90. The van der Waals surface area contributed by atoms with Gasteiger partial charge in [-0.2, -0.15) is 5.26 Å². The second-order valence-corrected chi connectivity index (χ2v) is 5.53. The third-order valence-corrected chi connectivity index (χ3v) is 3.68. The van der Waals surface area contributed by atoms with Gasteiger partial charge in [0.25, 0.3) is 0 Å². The molecule has 0 N–H and O–H groups in total. The van der Waals surface area contributed by atoms with E-state index < -0.39 is 0 Å². The number of aromatic nitrogens is 1. The minimum Gasteiger partial charge on any atom is -0.235 e. The highest BCUT2D eigenvalue weighted by atomic mass is 35.5. The molecular weight excluding hydrogens is 287 g/mol. The highest BCUT2D eigenvalue weighted by Gasteiger charge is 2.11. The largest absolute Gasteiger partial charge is 0.235 e. The Bertz CT molecular complexity index is 586. The fraction of sp³-hybridized carbons (Fsp3) is 0. The van der Waals surface area contributed by atoms with Gasteiger partial charge >= 0.3 is 0 Å². The van der Waals surface area contributed by atoms with Gasteiger partial charge in [0.2, 0.25) is 0 Å². The van der Waals surface area contributed by atoms with E-state index in [-0.39, 0.29) is 5.15 Å². The van der Waals surface area contributed by atoms with E-state index in [9.17, 15) is 0 Å². The molecule has 2 rings (SSSR count). The molecule has 0 aliphatic carbocycles. The maximum absolute atomic E-state index is 8.72.